The molecule has 0 bridgehead atoms. The fraction of sp³-hybridized carbons (Fsp3) is 0.136. The van der Waals surface area contributed by atoms with E-state index in [0.29, 0.717) is 0 Å². The van der Waals surface area contributed by atoms with Gasteiger partial charge in [0.05, 0.1) is 5.58 Å². The van der Waals surface area contributed by atoms with Crippen molar-refractivity contribution in [3.8, 4) is 17.1 Å². The zero-order valence-electron chi connectivity index (χ0n) is 15.7. The number of aromatic nitrogens is 4. The smallest absolute Gasteiger partial charge is 0.304 e. The van der Waals surface area contributed by atoms with Crippen molar-refractivity contribution in [1.82, 2.24) is 14.6 Å². The monoisotopic (exact) mass is 547 g/mol. The van der Waals surface area contributed by atoms with Gasteiger partial charge in [0, 0.05) is 31.7 Å². The molecule has 141 valence electrons. The number of hydrogen-bond donors (Lipinski definition) is 0. The van der Waals surface area contributed by atoms with Gasteiger partial charge in [-0.1, -0.05) is 40.5 Å². The molecule has 2 aromatic carbocycles. The number of benzene rings is 2. The van der Waals surface area contributed by atoms with Gasteiger partial charge in [0.1, 0.15) is 11.9 Å². The summed E-state index contributed by atoms with van der Waals surface area (Å²) in [6, 6.07) is 17.5. The maximum atomic E-state index is 5.49. The van der Waals surface area contributed by atoms with Crippen LogP contribution in [0.15, 0.2) is 59.5 Å². The second-order valence-electron chi connectivity index (χ2n) is 6.83. The molecule has 0 unspecified atom stereocenters. The van der Waals surface area contributed by atoms with E-state index in [4.69, 9.17) is 9.52 Å². The second kappa shape index (κ2) is 6.97. The minimum absolute atomic E-state index is 0. The molecular weight excluding hydrogens is 528 g/mol. The summed E-state index contributed by atoms with van der Waals surface area (Å²) in [4.78, 5) is 4.40. The molecule has 5 aromatic rings. The van der Waals surface area contributed by atoms with Gasteiger partial charge >= 0.3 is 5.65 Å². The number of fused-ring (bicyclic) bond motifs is 2. The Hall–Kier alpha value is -2.82. The largest absolute Gasteiger partial charge is 0.464 e. The molecule has 28 heavy (non-hydrogen) atoms. The summed E-state index contributed by atoms with van der Waals surface area (Å²) in [7, 11) is 0. The Labute approximate surface area is 176 Å². The standard InChI is InChI=1S/C22H18N4O.Ir/c1-14-11-15(2)21(16(3)12-14)26-19-9-4-5-10-25(19)24-22(26)17-7-6-8-18-20(17)23-13-27-18;/h4-6,8-13H,1-3H3;. The van der Waals surface area contributed by atoms with Gasteiger partial charge < -0.3 is 4.42 Å². The van der Waals surface area contributed by atoms with Crippen LogP contribution in [-0.4, -0.2) is 14.6 Å². The van der Waals surface area contributed by atoms with Gasteiger partial charge in [-0.3, -0.25) is 4.98 Å². The van der Waals surface area contributed by atoms with Crippen LogP contribution in [0.5, 0.6) is 0 Å². The number of oxazole rings is 1. The molecule has 0 saturated carbocycles. The van der Waals surface area contributed by atoms with Crippen molar-refractivity contribution in [1.29, 1.82) is 0 Å². The van der Waals surface area contributed by atoms with Crippen molar-refractivity contribution >= 4 is 16.7 Å². The van der Waals surface area contributed by atoms with Crippen LogP contribution in [0, 0.1) is 26.8 Å². The van der Waals surface area contributed by atoms with Gasteiger partial charge in [0.15, 0.2) is 12.2 Å². The van der Waals surface area contributed by atoms with Crippen LogP contribution in [0.4, 0.5) is 0 Å². The molecule has 0 fully saturated rings. The Kier molecular flexibility index (Phi) is 4.61. The number of nitrogens with zero attached hydrogens (tertiary/aromatic N) is 4. The minimum Gasteiger partial charge on any atom is -0.464 e. The fourth-order valence-electron chi connectivity index (χ4n) is 3.85. The molecule has 3 heterocycles. The van der Waals surface area contributed by atoms with Gasteiger partial charge in [-0.25, -0.2) is 4.57 Å². The van der Waals surface area contributed by atoms with Crippen molar-refractivity contribution in [3.63, 3.8) is 0 Å². The average Bonchev–Trinajstić information content (AvgIpc) is 3.26. The molecule has 0 saturated heterocycles. The summed E-state index contributed by atoms with van der Waals surface area (Å²) < 4.78 is 9.56. The molecule has 0 spiro atoms. The Morgan fingerprint density at radius 3 is 2.64 bits per heavy atom. The number of pyridine rings is 1. The van der Waals surface area contributed by atoms with Gasteiger partial charge in [-0.2, -0.15) is 0 Å². The normalized spacial score (nSPS) is 11.1. The summed E-state index contributed by atoms with van der Waals surface area (Å²) in [5.41, 5.74) is 8.07. The SMILES string of the molecule is Cc1cc(C)c(-n2c(-c3[c-]ccc4ocnc34)n[n+]3ccccc23)c(C)c1.[Ir]. The third-order valence-electron chi connectivity index (χ3n) is 4.84. The first-order chi connectivity index (χ1) is 13.1. The van der Waals surface area contributed by atoms with Crippen LogP contribution in [0.3, 0.4) is 0 Å². The molecule has 0 N–H and O–H groups in total. The van der Waals surface area contributed by atoms with Crippen LogP contribution >= 0.6 is 0 Å². The van der Waals surface area contributed by atoms with E-state index in [1.54, 1.807) is 0 Å². The fourth-order valence-corrected chi connectivity index (χ4v) is 3.85. The molecule has 5 rings (SSSR count). The van der Waals surface area contributed by atoms with E-state index >= 15 is 0 Å². The summed E-state index contributed by atoms with van der Waals surface area (Å²) in [6.45, 7) is 6.40. The predicted octanol–water partition coefficient (Wildman–Crippen LogP) is 4.14. The Morgan fingerprint density at radius 2 is 1.86 bits per heavy atom. The Morgan fingerprint density at radius 1 is 1.07 bits per heavy atom. The maximum Gasteiger partial charge on any atom is 0.304 e. The zero-order valence-corrected chi connectivity index (χ0v) is 18.1. The molecular formula is C22H18IrN4O. The molecule has 0 aliphatic carbocycles. The molecule has 0 atom stereocenters. The van der Waals surface area contributed by atoms with Crippen LogP contribution in [0.1, 0.15) is 16.7 Å². The van der Waals surface area contributed by atoms with Crippen LogP contribution in [0.2, 0.25) is 0 Å². The molecule has 0 amide bonds. The number of rotatable bonds is 2. The van der Waals surface area contributed by atoms with Crippen molar-refractivity contribution in [2.45, 2.75) is 20.8 Å². The molecule has 1 radical (unpaired) electrons. The first kappa shape index (κ1) is 18.5. The van der Waals surface area contributed by atoms with Crippen LogP contribution in [-0.2, 0) is 20.1 Å². The van der Waals surface area contributed by atoms with Crippen LogP contribution < -0.4 is 4.52 Å². The van der Waals surface area contributed by atoms with E-state index in [0.717, 1.165) is 33.8 Å². The molecule has 5 nitrogen and oxygen atoms in total. The van der Waals surface area contributed by atoms with E-state index in [9.17, 15) is 0 Å². The van der Waals surface area contributed by atoms with Gasteiger partial charge in [0.25, 0.3) is 0 Å². The van der Waals surface area contributed by atoms with Crippen molar-refractivity contribution in [2.75, 3.05) is 0 Å². The molecule has 3 aromatic heterocycles. The number of aryl methyl sites for hydroxylation is 3. The van der Waals surface area contributed by atoms with Gasteiger partial charge in [0.2, 0.25) is 0 Å². The first-order valence-electron chi connectivity index (χ1n) is 8.85. The van der Waals surface area contributed by atoms with E-state index in [-0.39, 0.29) is 20.1 Å². The molecule has 6 heteroatoms. The van der Waals surface area contributed by atoms with E-state index in [1.165, 1.54) is 23.1 Å². The Bertz CT molecular complexity index is 1300. The van der Waals surface area contributed by atoms with Gasteiger partial charge in [-0.15, -0.1) is 16.6 Å². The second-order valence-corrected chi connectivity index (χ2v) is 6.83. The summed E-state index contributed by atoms with van der Waals surface area (Å²) in [5.74, 6) is 0.788. The summed E-state index contributed by atoms with van der Waals surface area (Å²) >= 11 is 0. The molecule has 0 aliphatic rings. The molecule has 0 aliphatic heterocycles. The third-order valence-corrected chi connectivity index (χ3v) is 4.84. The summed E-state index contributed by atoms with van der Waals surface area (Å²) in [5, 5.41) is 4.86. The van der Waals surface area contributed by atoms with Crippen molar-refractivity contribution in [2.24, 2.45) is 0 Å². The zero-order chi connectivity index (χ0) is 18.5. The van der Waals surface area contributed by atoms with E-state index in [2.05, 4.69) is 54.6 Å². The topological polar surface area (TPSA) is 48.0 Å². The Balaban J connectivity index is 0.00000192. The van der Waals surface area contributed by atoms with E-state index < -0.39 is 0 Å². The third kappa shape index (κ3) is 2.77. The van der Waals surface area contributed by atoms with Crippen molar-refractivity contribution in [3.05, 3.63) is 77.8 Å². The van der Waals surface area contributed by atoms with Crippen LogP contribution in [0.25, 0.3) is 33.8 Å². The summed E-state index contributed by atoms with van der Waals surface area (Å²) in [6.07, 6.45) is 3.42. The van der Waals surface area contributed by atoms with Gasteiger partial charge in [-0.05, 0) is 38.0 Å². The minimum atomic E-state index is 0. The average molecular weight is 547 g/mol. The van der Waals surface area contributed by atoms with E-state index in [1.807, 2.05) is 35.0 Å². The van der Waals surface area contributed by atoms with Crippen molar-refractivity contribution < 1.29 is 29.0 Å². The predicted molar refractivity (Wildman–Crippen MR) is 103 cm³/mol. The maximum absolute atomic E-state index is 5.49. The quantitative estimate of drug-likeness (QED) is 0.247. The first-order valence-corrected chi connectivity index (χ1v) is 8.85. The number of hydrogen-bond acceptors (Lipinski definition) is 3.